The molecule has 1 fully saturated rings. The first kappa shape index (κ1) is 21.6. The monoisotopic (exact) mass is 492 g/mol. The predicted octanol–water partition coefficient (Wildman–Crippen LogP) is 4.99. The van der Waals surface area contributed by atoms with Crippen LogP contribution in [0.3, 0.4) is 0 Å². The number of fused-ring (bicyclic) bond motifs is 2. The molecule has 34 heavy (non-hydrogen) atoms. The van der Waals surface area contributed by atoms with Gasteiger partial charge in [-0.1, -0.05) is 23.7 Å². The summed E-state index contributed by atoms with van der Waals surface area (Å²) >= 11 is 8.29. The first-order valence-electron chi connectivity index (χ1n) is 11.5. The molecule has 0 aliphatic carbocycles. The molecule has 0 unspecified atom stereocenters. The van der Waals surface area contributed by atoms with Crippen LogP contribution in [-0.2, 0) is 24.8 Å². The van der Waals surface area contributed by atoms with Crippen LogP contribution in [0.1, 0.15) is 20.1 Å². The number of imidazole rings is 1. The highest BCUT2D eigenvalue weighted by atomic mass is 35.5. The third-order valence-electron chi connectivity index (χ3n) is 6.72. The topological polar surface area (TPSA) is 50.6 Å². The maximum Gasteiger partial charge on any atom is 0.264 e. The average Bonchev–Trinajstić information content (AvgIpc) is 3.45. The molecule has 6 rings (SSSR count). The maximum atomic E-state index is 13.0. The Balaban J connectivity index is 1.28. The zero-order valence-electron chi connectivity index (χ0n) is 19.0. The summed E-state index contributed by atoms with van der Waals surface area (Å²) in [5.74, 6) is 0.990. The molecule has 2 aliphatic rings. The number of para-hydroxylation sites is 2. The van der Waals surface area contributed by atoms with Crippen LogP contribution in [0.15, 0.2) is 48.5 Å². The zero-order valence-corrected chi connectivity index (χ0v) is 20.5. The molecule has 0 spiro atoms. The molecule has 4 heterocycles. The molecule has 8 heteroatoms. The summed E-state index contributed by atoms with van der Waals surface area (Å²) in [6.07, 6.45) is 0.931. The number of thiophene rings is 1. The summed E-state index contributed by atoms with van der Waals surface area (Å²) in [5, 5.41) is 0.689. The van der Waals surface area contributed by atoms with Crippen LogP contribution in [0, 0.1) is 0 Å². The molecule has 0 N–H and O–H groups in total. The number of hydrogen-bond donors (Lipinski definition) is 0. The second-order valence-corrected chi connectivity index (χ2v) is 10.3. The molecule has 1 saturated heterocycles. The summed E-state index contributed by atoms with van der Waals surface area (Å²) < 4.78 is 7.49. The number of nitrogens with zero attached hydrogens (tertiary/aromatic N) is 4. The van der Waals surface area contributed by atoms with E-state index in [1.165, 1.54) is 10.4 Å². The van der Waals surface area contributed by atoms with Crippen molar-refractivity contribution in [3.8, 4) is 11.4 Å². The lowest BCUT2D eigenvalue weighted by Gasteiger charge is -2.29. The fourth-order valence-corrected chi connectivity index (χ4v) is 6.18. The first-order valence-corrected chi connectivity index (χ1v) is 12.7. The summed E-state index contributed by atoms with van der Waals surface area (Å²) in [5.41, 5.74) is 5.32. The number of morpholine rings is 1. The summed E-state index contributed by atoms with van der Waals surface area (Å²) in [6, 6.07) is 16.4. The minimum atomic E-state index is 0.130. The molecule has 0 bridgehead atoms. The third-order valence-corrected chi connectivity index (χ3v) is 8.27. The van der Waals surface area contributed by atoms with Crippen molar-refractivity contribution in [2.24, 2.45) is 7.05 Å². The summed E-state index contributed by atoms with van der Waals surface area (Å²) in [4.78, 5) is 24.2. The lowest BCUT2D eigenvalue weighted by atomic mass is 10.1. The molecule has 1 amide bonds. The lowest BCUT2D eigenvalue weighted by Crippen LogP contribution is -2.40. The van der Waals surface area contributed by atoms with Gasteiger partial charge in [-0.3, -0.25) is 4.79 Å². The number of ether oxygens (including phenoxy) is 1. The normalized spacial score (nSPS) is 16.2. The minimum Gasteiger partial charge on any atom is -0.378 e. The van der Waals surface area contributed by atoms with Crippen molar-refractivity contribution in [3.63, 3.8) is 0 Å². The van der Waals surface area contributed by atoms with Gasteiger partial charge in [0.1, 0.15) is 5.82 Å². The molecule has 4 aromatic rings. The number of hydrogen-bond acceptors (Lipinski definition) is 5. The van der Waals surface area contributed by atoms with Crippen molar-refractivity contribution in [3.05, 3.63) is 68.9 Å². The Labute approximate surface area is 207 Å². The van der Waals surface area contributed by atoms with E-state index in [0.717, 1.165) is 52.5 Å². The van der Waals surface area contributed by atoms with Crippen molar-refractivity contribution < 1.29 is 9.53 Å². The molecule has 0 atom stereocenters. The van der Waals surface area contributed by atoms with Gasteiger partial charge < -0.3 is 19.1 Å². The van der Waals surface area contributed by atoms with E-state index in [9.17, 15) is 4.79 Å². The molecule has 2 aromatic heterocycles. The lowest BCUT2D eigenvalue weighted by molar-refractivity contribution is 0.0306. The second-order valence-electron chi connectivity index (χ2n) is 8.78. The fourth-order valence-electron chi connectivity index (χ4n) is 4.85. The van der Waals surface area contributed by atoms with E-state index in [4.69, 9.17) is 21.3 Å². The number of anilines is 1. The number of halogens is 1. The quantitative estimate of drug-likeness (QED) is 0.404. The molecule has 2 aromatic carbocycles. The highest BCUT2D eigenvalue weighted by molar-refractivity contribution is 7.14. The van der Waals surface area contributed by atoms with E-state index >= 15 is 0 Å². The molecule has 174 valence electrons. The van der Waals surface area contributed by atoms with Gasteiger partial charge in [0.05, 0.1) is 34.1 Å². The van der Waals surface area contributed by atoms with Crippen molar-refractivity contribution >= 4 is 45.6 Å². The van der Waals surface area contributed by atoms with Gasteiger partial charge in [0.25, 0.3) is 5.91 Å². The van der Waals surface area contributed by atoms with Gasteiger partial charge in [0.2, 0.25) is 0 Å². The highest BCUT2D eigenvalue weighted by Crippen LogP contribution is 2.36. The number of carbonyl (C=O) groups is 1. The van der Waals surface area contributed by atoms with Crippen molar-refractivity contribution in [1.29, 1.82) is 0 Å². The van der Waals surface area contributed by atoms with Gasteiger partial charge >= 0.3 is 0 Å². The van der Waals surface area contributed by atoms with Crippen LogP contribution < -0.4 is 4.90 Å². The smallest absolute Gasteiger partial charge is 0.264 e. The Hall–Kier alpha value is -2.87. The maximum absolute atomic E-state index is 13.0. The van der Waals surface area contributed by atoms with Crippen LogP contribution in [-0.4, -0.2) is 53.2 Å². The molecular formula is C26H25ClN4O2S. The van der Waals surface area contributed by atoms with E-state index in [0.29, 0.717) is 31.3 Å². The van der Waals surface area contributed by atoms with Crippen LogP contribution in [0.2, 0.25) is 5.02 Å². The van der Waals surface area contributed by atoms with Crippen molar-refractivity contribution in [2.45, 2.75) is 13.0 Å². The van der Waals surface area contributed by atoms with Gasteiger partial charge in [-0.25, -0.2) is 4.98 Å². The number of aryl methyl sites for hydroxylation is 1. The molecule has 2 aliphatic heterocycles. The van der Waals surface area contributed by atoms with Gasteiger partial charge in [0.15, 0.2) is 0 Å². The number of amides is 1. The molecule has 0 radical (unpaired) electrons. The highest BCUT2D eigenvalue weighted by Gasteiger charge is 2.26. The average molecular weight is 493 g/mol. The predicted molar refractivity (Wildman–Crippen MR) is 137 cm³/mol. The zero-order chi connectivity index (χ0) is 23.2. The Morgan fingerprint density at radius 1 is 1.09 bits per heavy atom. The molecular weight excluding hydrogens is 468 g/mol. The van der Waals surface area contributed by atoms with Gasteiger partial charge in [-0.15, -0.1) is 11.3 Å². The van der Waals surface area contributed by atoms with Crippen LogP contribution >= 0.6 is 22.9 Å². The van der Waals surface area contributed by atoms with E-state index in [1.54, 1.807) is 11.3 Å². The minimum absolute atomic E-state index is 0.130. The van der Waals surface area contributed by atoms with Crippen molar-refractivity contribution in [1.82, 2.24) is 14.5 Å². The largest absolute Gasteiger partial charge is 0.378 e. The van der Waals surface area contributed by atoms with Gasteiger partial charge in [0, 0.05) is 49.4 Å². The number of aromatic nitrogens is 2. The van der Waals surface area contributed by atoms with E-state index < -0.39 is 0 Å². The Kier molecular flexibility index (Phi) is 5.56. The standard InChI is InChI=1S/C26H25ClN4O2S/c1-29-22-5-3-2-4-21(22)28-25(29)19-15-18(6-7-20(19)27)31-9-8-23-17(16-31)14-24(34-23)26(32)30-10-12-33-13-11-30/h2-7,14-15H,8-13,16H2,1H3. The SMILES string of the molecule is Cn1c(-c2cc(N3CCc4sc(C(=O)N5CCOCC5)cc4C3)ccc2Cl)nc2ccccc21. The third kappa shape index (κ3) is 3.78. The van der Waals surface area contributed by atoms with Gasteiger partial charge in [-0.05, 0) is 48.4 Å². The number of benzene rings is 2. The first-order chi connectivity index (χ1) is 16.6. The Morgan fingerprint density at radius 2 is 1.91 bits per heavy atom. The summed E-state index contributed by atoms with van der Waals surface area (Å²) in [6.45, 7) is 4.27. The van der Waals surface area contributed by atoms with Crippen molar-refractivity contribution in [2.75, 3.05) is 37.7 Å². The molecule has 6 nitrogen and oxygen atoms in total. The Bertz CT molecular complexity index is 1390. The number of carbonyl (C=O) groups excluding carboxylic acids is 1. The van der Waals surface area contributed by atoms with Crippen LogP contribution in [0.4, 0.5) is 5.69 Å². The molecule has 0 saturated carbocycles. The summed E-state index contributed by atoms with van der Waals surface area (Å²) in [7, 11) is 2.03. The Morgan fingerprint density at radius 3 is 2.74 bits per heavy atom. The van der Waals surface area contributed by atoms with E-state index in [2.05, 4.69) is 33.7 Å². The fraction of sp³-hybridized carbons (Fsp3) is 0.308. The number of rotatable bonds is 3. The van der Waals surface area contributed by atoms with Crippen LogP contribution in [0.25, 0.3) is 22.4 Å². The van der Waals surface area contributed by atoms with E-state index in [-0.39, 0.29) is 5.91 Å². The van der Waals surface area contributed by atoms with Crippen LogP contribution in [0.5, 0.6) is 0 Å². The van der Waals surface area contributed by atoms with E-state index in [1.807, 2.05) is 36.2 Å². The second kappa shape index (κ2) is 8.73. The van der Waals surface area contributed by atoms with Gasteiger partial charge in [-0.2, -0.15) is 0 Å².